The lowest BCUT2D eigenvalue weighted by molar-refractivity contribution is 0.415. The van der Waals surface area contributed by atoms with E-state index >= 15 is 0 Å². The third-order valence-electron chi connectivity index (χ3n) is 4.57. The Morgan fingerprint density at radius 1 is 0.962 bits per heavy atom. The van der Waals surface area contributed by atoms with Gasteiger partial charge in [0.25, 0.3) is 0 Å². The molecule has 5 rings (SSSR count). The molecule has 5 aromatic rings. The van der Waals surface area contributed by atoms with Gasteiger partial charge in [-0.2, -0.15) is 0 Å². The number of aromatic nitrogens is 3. The molecule has 0 spiro atoms. The van der Waals surface area contributed by atoms with Crippen LogP contribution in [0, 0.1) is 0 Å². The zero-order chi connectivity index (χ0) is 17.5. The number of benzene rings is 2. The van der Waals surface area contributed by atoms with Gasteiger partial charge in [0, 0.05) is 22.7 Å². The number of anilines is 2. The highest BCUT2D eigenvalue weighted by atomic mass is 16.5. The number of hydrogen-bond donors (Lipinski definition) is 1. The summed E-state index contributed by atoms with van der Waals surface area (Å²) in [5.74, 6) is 1.63. The van der Waals surface area contributed by atoms with E-state index in [0.717, 1.165) is 44.7 Å². The molecule has 0 aliphatic rings. The van der Waals surface area contributed by atoms with Crippen molar-refractivity contribution < 1.29 is 4.74 Å². The molecule has 3 heterocycles. The molecule has 26 heavy (non-hydrogen) atoms. The summed E-state index contributed by atoms with van der Waals surface area (Å²) in [6.07, 6.45) is 3.68. The second-order valence-electron chi connectivity index (χ2n) is 6.10. The first-order valence-electron chi connectivity index (χ1n) is 8.38. The molecule has 126 valence electrons. The Kier molecular flexibility index (Phi) is 3.25. The lowest BCUT2D eigenvalue weighted by Crippen LogP contribution is -1.99. The summed E-state index contributed by atoms with van der Waals surface area (Å²) < 4.78 is 7.38. The number of rotatable bonds is 3. The van der Waals surface area contributed by atoms with Gasteiger partial charge in [-0.05, 0) is 42.5 Å². The van der Waals surface area contributed by atoms with Crippen molar-refractivity contribution in [3.63, 3.8) is 0 Å². The van der Waals surface area contributed by atoms with E-state index in [0.29, 0.717) is 0 Å². The van der Waals surface area contributed by atoms with Crippen LogP contribution in [0.3, 0.4) is 0 Å². The summed E-state index contributed by atoms with van der Waals surface area (Å²) in [4.78, 5) is 9.20. The molecule has 2 aromatic carbocycles. The molecule has 0 bridgehead atoms. The van der Waals surface area contributed by atoms with Crippen molar-refractivity contribution in [1.82, 2.24) is 14.4 Å². The van der Waals surface area contributed by atoms with Gasteiger partial charge in [-0.15, -0.1) is 0 Å². The highest BCUT2D eigenvalue weighted by Gasteiger charge is 2.12. The summed E-state index contributed by atoms with van der Waals surface area (Å²) in [5.41, 5.74) is 4.00. The molecule has 3 aromatic heterocycles. The maximum atomic E-state index is 5.23. The number of nitrogens with one attached hydrogen (secondary N) is 1. The van der Waals surface area contributed by atoms with Crippen LogP contribution < -0.4 is 10.1 Å². The average molecular weight is 340 g/mol. The largest absolute Gasteiger partial charge is 0.497 e. The van der Waals surface area contributed by atoms with Gasteiger partial charge in [0.2, 0.25) is 0 Å². The second kappa shape index (κ2) is 5.74. The Hall–Kier alpha value is -3.60. The normalized spacial score (nSPS) is 11.3. The van der Waals surface area contributed by atoms with Crippen LogP contribution in [0.5, 0.6) is 5.75 Å². The summed E-state index contributed by atoms with van der Waals surface area (Å²) in [6.45, 7) is 0. The molecular weight excluding hydrogens is 324 g/mol. The standard InChI is InChI=1S/C21H16N4O/c1-26-16-8-6-15(7-9-16)23-21-17-10-11-22-13-19(17)25-18-5-3-2-4-14(18)12-20(25)24-21/h2-13H,1H3,(H,23,24). The maximum Gasteiger partial charge on any atom is 0.142 e. The summed E-state index contributed by atoms with van der Waals surface area (Å²) >= 11 is 0. The number of methoxy groups -OCH3 is 1. The maximum absolute atomic E-state index is 5.23. The van der Waals surface area contributed by atoms with Crippen LogP contribution in [0.15, 0.2) is 73.1 Å². The summed E-state index contributed by atoms with van der Waals surface area (Å²) in [5, 5.41) is 5.60. The van der Waals surface area contributed by atoms with Crippen molar-refractivity contribution in [2.24, 2.45) is 0 Å². The van der Waals surface area contributed by atoms with Crippen LogP contribution in [0.1, 0.15) is 0 Å². The van der Waals surface area contributed by atoms with Crippen LogP contribution in [0.25, 0.3) is 27.5 Å². The van der Waals surface area contributed by atoms with E-state index in [2.05, 4.69) is 32.9 Å². The monoisotopic (exact) mass is 340 g/mol. The fourth-order valence-electron chi connectivity index (χ4n) is 3.32. The molecule has 5 nitrogen and oxygen atoms in total. The number of hydrogen-bond acceptors (Lipinski definition) is 4. The highest BCUT2D eigenvalue weighted by Crippen LogP contribution is 2.30. The van der Waals surface area contributed by atoms with Crippen LogP contribution >= 0.6 is 0 Å². The predicted molar refractivity (Wildman–Crippen MR) is 104 cm³/mol. The molecule has 5 heteroatoms. The Balaban J connectivity index is 1.74. The summed E-state index contributed by atoms with van der Waals surface area (Å²) in [6, 6.07) is 20.2. The van der Waals surface area contributed by atoms with E-state index < -0.39 is 0 Å². The molecular formula is C21H16N4O. The zero-order valence-electron chi connectivity index (χ0n) is 14.2. The lowest BCUT2D eigenvalue weighted by Gasteiger charge is -2.11. The minimum atomic E-state index is 0.808. The molecule has 0 aliphatic carbocycles. The van der Waals surface area contributed by atoms with Crippen molar-refractivity contribution in [1.29, 1.82) is 0 Å². The molecule has 0 aliphatic heterocycles. The molecule has 1 N–H and O–H groups in total. The van der Waals surface area contributed by atoms with Crippen LogP contribution in [0.2, 0.25) is 0 Å². The topological polar surface area (TPSA) is 51.5 Å². The van der Waals surface area contributed by atoms with Crippen LogP contribution in [0.4, 0.5) is 11.5 Å². The van der Waals surface area contributed by atoms with E-state index in [-0.39, 0.29) is 0 Å². The van der Waals surface area contributed by atoms with Crippen molar-refractivity contribution in [2.75, 3.05) is 12.4 Å². The molecule has 0 atom stereocenters. The van der Waals surface area contributed by atoms with Gasteiger partial charge in [-0.25, -0.2) is 4.98 Å². The van der Waals surface area contributed by atoms with E-state index in [9.17, 15) is 0 Å². The fourth-order valence-corrected chi connectivity index (χ4v) is 3.32. The third kappa shape index (κ3) is 2.25. The van der Waals surface area contributed by atoms with Gasteiger partial charge in [0.1, 0.15) is 17.2 Å². The van der Waals surface area contributed by atoms with Crippen molar-refractivity contribution in [3.8, 4) is 5.75 Å². The lowest BCUT2D eigenvalue weighted by atomic mass is 10.2. The fraction of sp³-hybridized carbons (Fsp3) is 0.0476. The Labute approximate surface area is 149 Å². The smallest absolute Gasteiger partial charge is 0.142 e. The Morgan fingerprint density at radius 2 is 1.81 bits per heavy atom. The number of nitrogens with zero attached hydrogens (tertiary/aromatic N) is 3. The number of pyridine rings is 1. The number of fused-ring (bicyclic) bond motifs is 5. The van der Waals surface area contributed by atoms with Crippen molar-refractivity contribution in [3.05, 3.63) is 73.1 Å². The quantitative estimate of drug-likeness (QED) is 0.513. The van der Waals surface area contributed by atoms with Crippen LogP contribution in [-0.2, 0) is 0 Å². The van der Waals surface area contributed by atoms with Crippen molar-refractivity contribution in [2.45, 2.75) is 0 Å². The Bertz CT molecular complexity index is 1240. The first-order valence-corrected chi connectivity index (χ1v) is 8.38. The van der Waals surface area contributed by atoms with E-state index in [1.807, 2.05) is 48.7 Å². The van der Waals surface area contributed by atoms with Gasteiger partial charge in [0.05, 0.1) is 24.3 Å². The van der Waals surface area contributed by atoms with Crippen LogP contribution in [-0.4, -0.2) is 21.5 Å². The van der Waals surface area contributed by atoms with E-state index in [1.165, 1.54) is 0 Å². The minimum absolute atomic E-state index is 0.808. The second-order valence-corrected chi connectivity index (χ2v) is 6.10. The molecule has 0 saturated heterocycles. The zero-order valence-corrected chi connectivity index (χ0v) is 14.2. The predicted octanol–water partition coefficient (Wildman–Crippen LogP) is 4.79. The number of para-hydroxylation sites is 1. The highest BCUT2D eigenvalue weighted by molar-refractivity contribution is 5.98. The Morgan fingerprint density at radius 3 is 2.65 bits per heavy atom. The van der Waals surface area contributed by atoms with Gasteiger partial charge >= 0.3 is 0 Å². The average Bonchev–Trinajstić information content (AvgIpc) is 3.07. The number of ether oxygens (including phenoxy) is 1. The molecule has 0 saturated carbocycles. The summed E-state index contributed by atoms with van der Waals surface area (Å²) in [7, 11) is 1.66. The van der Waals surface area contributed by atoms with Gasteiger partial charge in [-0.3, -0.25) is 9.38 Å². The first-order chi connectivity index (χ1) is 12.8. The van der Waals surface area contributed by atoms with Gasteiger partial charge < -0.3 is 10.1 Å². The van der Waals surface area contributed by atoms with Gasteiger partial charge in [0.15, 0.2) is 0 Å². The third-order valence-corrected chi connectivity index (χ3v) is 4.57. The molecule has 0 unspecified atom stereocenters. The first kappa shape index (κ1) is 14.7. The minimum Gasteiger partial charge on any atom is -0.497 e. The SMILES string of the molecule is COc1ccc(Nc2nc3cc4ccccc4n3c3cnccc23)cc1. The van der Waals surface area contributed by atoms with Crippen molar-refractivity contribution >= 4 is 39.0 Å². The molecule has 0 fully saturated rings. The van der Waals surface area contributed by atoms with E-state index in [1.54, 1.807) is 13.3 Å². The molecule has 0 amide bonds. The van der Waals surface area contributed by atoms with Gasteiger partial charge in [-0.1, -0.05) is 18.2 Å². The van der Waals surface area contributed by atoms with E-state index in [4.69, 9.17) is 9.72 Å². The molecule has 0 radical (unpaired) electrons.